The monoisotopic (exact) mass is 395 g/mol. The van der Waals surface area contributed by atoms with Crippen LogP contribution >= 0.6 is 22.6 Å². The van der Waals surface area contributed by atoms with Gasteiger partial charge in [-0.2, -0.15) is 0 Å². The number of aliphatic imine (C=N–C) groups is 1. The standard InChI is InChI=1S/C13H16F2IN3O/c14-12(15)8-18-6-3-10(4-7-18)19-5-1-2-11(13(19)20)17-9-16/h1-2,5,9-10,12H,3-4,6-8H2. The Morgan fingerprint density at radius 3 is 2.75 bits per heavy atom. The van der Waals surface area contributed by atoms with Gasteiger partial charge in [0.25, 0.3) is 12.0 Å². The van der Waals surface area contributed by atoms with Crippen LogP contribution in [-0.4, -0.2) is 39.7 Å². The fourth-order valence-corrected chi connectivity index (χ4v) is 2.81. The fraction of sp³-hybridized carbons (Fsp3) is 0.538. The molecule has 1 aliphatic heterocycles. The molecule has 20 heavy (non-hydrogen) atoms. The van der Waals surface area contributed by atoms with E-state index in [9.17, 15) is 13.6 Å². The first-order valence-corrected chi connectivity index (χ1v) is 7.70. The number of likely N-dealkylation sites (tertiary alicyclic amines) is 1. The smallest absolute Gasteiger partial charge is 0.276 e. The van der Waals surface area contributed by atoms with Crippen molar-refractivity contribution in [2.24, 2.45) is 4.99 Å². The lowest BCUT2D eigenvalue weighted by Crippen LogP contribution is -2.39. The van der Waals surface area contributed by atoms with Crippen LogP contribution in [0.2, 0.25) is 0 Å². The minimum atomic E-state index is -2.30. The molecule has 0 aromatic carbocycles. The lowest BCUT2D eigenvalue weighted by molar-refractivity contribution is 0.0699. The highest BCUT2D eigenvalue weighted by Gasteiger charge is 2.23. The van der Waals surface area contributed by atoms with Gasteiger partial charge in [-0.05, 0) is 47.6 Å². The lowest BCUT2D eigenvalue weighted by Gasteiger charge is -2.32. The summed E-state index contributed by atoms with van der Waals surface area (Å²) in [5.74, 6) is 0. The number of aromatic nitrogens is 1. The first-order chi connectivity index (χ1) is 9.61. The highest BCUT2D eigenvalue weighted by molar-refractivity contribution is 14.1. The normalized spacial score (nSPS) is 18.2. The van der Waals surface area contributed by atoms with Crippen molar-refractivity contribution in [3.63, 3.8) is 0 Å². The average molecular weight is 395 g/mol. The first kappa shape index (κ1) is 15.6. The third-order valence-electron chi connectivity index (χ3n) is 3.49. The molecule has 0 amide bonds. The molecular weight excluding hydrogens is 379 g/mol. The number of alkyl halides is 2. The molecule has 110 valence electrons. The number of hydrogen-bond acceptors (Lipinski definition) is 3. The highest BCUT2D eigenvalue weighted by Crippen LogP contribution is 2.22. The molecular formula is C13H16F2IN3O. The van der Waals surface area contributed by atoms with Crippen LogP contribution in [-0.2, 0) is 0 Å². The van der Waals surface area contributed by atoms with Crippen molar-refractivity contribution in [3.05, 3.63) is 28.7 Å². The Labute approximate surface area is 129 Å². The molecule has 0 saturated carbocycles. The van der Waals surface area contributed by atoms with Crippen LogP contribution in [0.3, 0.4) is 0 Å². The van der Waals surface area contributed by atoms with Crippen LogP contribution in [0.4, 0.5) is 14.5 Å². The van der Waals surface area contributed by atoms with Gasteiger partial charge in [-0.3, -0.25) is 9.69 Å². The largest absolute Gasteiger partial charge is 0.311 e. The van der Waals surface area contributed by atoms with Gasteiger partial charge >= 0.3 is 0 Å². The van der Waals surface area contributed by atoms with Gasteiger partial charge in [-0.15, -0.1) is 0 Å². The SMILES string of the molecule is O=c1c(N=CI)cccn1C1CCN(CC(F)F)CC1. The van der Waals surface area contributed by atoms with Gasteiger partial charge < -0.3 is 4.57 Å². The van der Waals surface area contributed by atoms with E-state index in [0.29, 0.717) is 31.6 Å². The highest BCUT2D eigenvalue weighted by atomic mass is 127. The van der Waals surface area contributed by atoms with E-state index in [0.717, 1.165) is 0 Å². The molecule has 0 N–H and O–H groups in total. The van der Waals surface area contributed by atoms with Crippen molar-refractivity contribution in [1.82, 2.24) is 9.47 Å². The third kappa shape index (κ3) is 3.85. The van der Waals surface area contributed by atoms with Crippen molar-refractivity contribution in [3.8, 4) is 0 Å². The van der Waals surface area contributed by atoms with Gasteiger partial charge in [0.05, 0.1) is 10.8 Å². The molecule has 1 aromatic rings. The molecule has 2 heterocycles. The van der Waals surface area contributed by atoms with Crippen molar-refractivity contribution >= 4 is 32.5 Å². The summed E-state index contributed by atoms with van der Waals surface area (Å²) < 4.78 is 27.9. The van der Waals surface area contributed by atoms with E-state index in [2.05, 4.69) is 4.99 Å². The molecule has 0 bridgehead atoms. The second kappa shape index (κ2) is 7.26. The van der Waals surface area contributed by atoms with E-state index < -0.39 is 6.43 Å². The summed E-state index contributed by atoms with van der Waals surface area (Å²) in [4.78, 5) is 18.0. The van der Waals surface area contributed by atoms with E-state index in [4.69, 9.17) is 0 Å². The molecule has 1 saturated heterocycles. The maximum absolute atomic E-state index is 12.3. The molecule has 2 rings (SSSR count). The minimum absolute atomic E-state index is 0.0702. The summed E-state index contributed by atoms with van der Waals surface area (Å²) in [6.07, 6.45) is 0.881. The van der Waals surface area contributed by atoms with E-state index in [-0.39, 0.29) is 18.1 Å². The van der Waals surface area contributed by atoms with Crippen LogP contribution in [0.25, 0.3) is 0 Å². The molecule has 0 spiro atoms. The van der Waals surface area contributed by atoms with E-state index in [1.54, 1.807) is 32.0 Å². The van der Waals surface area contributed by atoms with Crippen LogP contribution in [0.1, 0.15) is 18.9 Å². The fourth-order valence-electron chi connectivity index (χ4n) is 2.51. The predicted octanol–water partition coefficient (Wildman–Crippen LogP) is 2.85. The molecule has 1 fully saturated rings. The van der Waals surface area contributed by atoms with Gasteiger partial charge in [0.1, 0.15) is 5.69 Å². The molecule has 4 nitrogen and oxygen atoms in total. The zero-order chi connectivity index (χ0) is 14.5. The van der Waals surface area contributed by atoms with Crippen LogP contribution in [0, 0.1) is 0 Å². The second-order valence-electron chi connectivity index (χ2n) is 4.76. The Balaban J connectivity index is 2.07. The van der Waals surface area contributed by atoms with Gasteiger partial charge in [0.15, 0.2) is 0 Å². The van der Waals surface area contributed by atoms with Crippen LogP contribution in [0.15, 0.2) is 28.1 Å². The Hall–Kier alpha value is -0.830. The Morgan fingerprint density at radius 2 is 2.15 bits per heavy atom. The molecule has 1 aliphatic rings. The molecule has 7 heteroatoms. The van der Waals surface area contributed by atoms with Gasteiger partial charge in [0, 0.05) is 25.3 Å². The number of halogens is 3. The minimum Gasteiger partial charge on any atom is -0.311 e. The zero-order valence-corrected chi connectivity index (χ0v) is 13.0. The van der Waals surface area contributed by atoms with Crippen LogP contribution < -0.4 is 5.56 Å². The number of hydrogen-bond donors (Lipinski definition) is 0. The van der Waals surface area contributed by atoms with Crippen molar-refractivity contribution in [1.29, 1.82) is 0 Å². The Morgan fingerprint density at radius 1 is 1.45 bits per heavy atom. The molecule has 0 unspecified atom stereocenters. The van der Waals surface area contributed by atoms with Crippen molar-refractivity contribution in [2.75, 3.05) is 19.6 Å². The van der Waals surface area contributed by atoms with E-state index in [1.165, 1.54) is 0 Å². The summed E-state index contributed by atoms with van der Waals surface area (Å²) in [6, 6.07) is 3.55. The maximum atomic E-state index is 12.3. The quantitative estimate of drug-likeness (QED) is 0.581. The van der Waals surface area contributed by atoms with E-state index in [1.807, 2.05) is 22.6 Å². The maximum Gasteiger partial charge on any atom is 0.276 e. The van der Waals surface area contributed by atoms with Gasteiger partial charge in [-0.1, -0.05) is 0 Å². The van der Waals surface area contributed by atoms with Gasteiger partial charge in [0.2, 0.25) is 0 Å². The molecule has 0 atom stereocenters. The Bertz CT molecular complexity index is 525. The number of nitrogens with zero attached hydrogens (tertiary/aromatic N) is 3. The number of pyridine rings is 1. The molecule has 1 aromatic heterocycles. The summed E-state index contributed by atoms with van der Waals surface area (Å²) in [7, 11) is 0. The second-order valence-corrected chi connectivity index (χ2v) is 5.31. The molecule has 0 radical (unpaired) electrons. The zero-order valence-electron chi connectivity index (χ0n) is 10.9. The van der Waals surface area contributed by atoms with Crippen molar-refractivity contribution < 1.29 is 8.78 Å². The van der Waals surface area contributed by atoms with Crippen LogP contribution in [0.5, 0.6) is 0 Å². The molecule has 0 aliphatic carbocycles. The predicted molar refractivity (Wildman–Crippen MR) is 83.6 cm³/mol. The summed E-state index contributed by atoms with van der Waals surface area (Å²) in [6.45, 7) is 1.02. The number of piperidine rings is 1. The summed E-state index contributed by atoms with van der Waals surface area (Å²) >= 11 is 1.97. The van der Waals surface area contributed by atoms with E-state index >= 15 is 0 Å². The summed E-state index contributed by atoms with van der Waals surface area (Å²) in [5, 5.41) is 0. The van der Waals surface area contributed by atoms with Gasteiger partial charge in [-0.25, -0.2) is 13.8 Å². The lowest BCUT2D eigenvalue weighted by atomic mass is 10.0. The first-order valence-electron chi connectivity index (χ1n) is 6.46. The Kier molecular flexibility index (Phi) is 5.64. The van der Waals surface area contributed by atoms with Crippen molar-refractivity contribution in [2.45, 2.75) is 25.3 Å². The average Bonchev–Trinajstić information content (AvgIpc) is 2.42. The number of rotatable bonds is 4. The topological polar surface area (TPSA) is 37.6 Å². The third-order valence-corrected chi connectivity index (χ3v) is 3.77. The summed E-state index contributed by atoms with van der Waals surface area (Å²) in [5.41, 5.74) is 0.296.